The van der Waals surface area contributed by atoms with Gasteiger partial charge in [0.25, 0.3) is 0 Å². The average Bonchev–Trinajstić information content (AvgIpc) is 2.14. The van der Waals surface area contributed by atoms with Crippen molar-refractivity contribution >= 4 is 27.5 Å². The SMILES string of the molecule is CC(C)(C)C(CCl)Cc1ccc(F)cc1Br. The molecule has 1 atom stereocenters. The molecule has 0 bridgehead atoms. The Labute approximate surface area is 110 Å². The maximum atomic E-state index is 12.9. The van der Waals surface area contributed by atoms with Gasteiger partial charge >= 0.3 is 0 Å². The van der Waals surface area contributed by atoms with Gasteiger partial charge < -0.3 is 0 Å². The number of benzene rings is 1. The highest BCUT2D eigenvalue weighted by molar-refractivity contribution is 9.10. The minimum Gasteiger partial charge on any atom is -0.207 e. The maximum absolute atomic E-state index is 12.9. The van der Waals surface area contributed by atoms with E-state index in [1.54, 1.807) is 0 Å². The number of alkyl halides is 1. The van der Waals surface area contributed by atoms with E-state index < -0.39 is 0 Å². The highest BCUT2D eigenvalue weighted by Crippen LogP contribution is 2.32. The summed E-state index contributed by atoms with van der Waals surface area (Å²) >= 11 is 9.38. The van der Waals surface area contributed by atoms with Gasteiger partial charge in [-0.1, -0.05) is 42.8 Å². The maximum Gasteiger partial charge on any atom is 0.124 e. The minimum absolute atomic E-state index is 0.162. The number of halogens is 3. The lowest BCUT2D eigenvalue weighted by atomic mass is 9.78. The summed E-state index contributed by atoms with van der Waals surface area (Å²) in [5.74, 6) is 0.789. The Hall–Kier alpha value is -0.0800. The first kappa shape index (κ1) is 14.0. The van der Waals surface area contributed by atoms with Crippen LogP contribution in [0.2, 0.25) is 0 Å². The highest BCUT2D eigenvalue weighted by Gasteiger charge is 2.24. The van der Waals surface area contributed by atoms with Crippen molar-refractivity contribution in [1.29, 1.82) is 0 Å². The summed E-state index contributed by atoms with van der Waals surface area (Å²) in [4.78, 5) is 0. The number of rotatable bonds is 3. The van der Waals surface area contributed by atoms with Crippen LogP contribution in [0, 0.1) is 17.2 Å². The van der Waals surface area contributed by atoms with Gasteiger partial charge in [0.05, 0.1) is 0 Å². The molecule has 1 aromatic rings. The van der Waals surface area contributed by atoms with Crippen molar-refractivity contribution in [1.82, 2.24) is 0 Å². The molecule has 1 aromatic carbocycles. The van der Waals surface area contributed by atoms with Crippen LogP contribution in [0.1, 0.15) is 26.3 Å². The van der Waals surface area contributed by atoms with Crippen molar-refractivity contribution in [2.75, 3.05) is 5.88 Å². The molecule has 0 saturated carbocycles. The lowest BCUT2D eigenvalue weighted by Crippen LogP contribution is -2.24. The molecule has 0 aliphatic heterocycles. The molecule has 0 aliphatic rings. The molecular weight excluding hydrogens is 290 g/mol. The topological polar surface area (TPSA) is 0 Å². The van der Waals surface area contributed by atoms with Gasteiger partial charge in [0.1, 0.15) is 5.82 Å². The Bertz CT molecular complexity index is 357. The summed E-state index contributed by atoms with van der Waals surface area (Å²) in [5.41, 5.74) is 1.28. The zero-order chi connectivity index (χ0) is 12.3. The van der Waals surface area contributed by atoms with E-state index in [0.29, 0.717) is 11.8 Å². The molecule has 0 nitrogen and oxygen atoms in total. The monoisotopic (exact) mass is 306 g/mol. The average molecular weight is 308 g/mol. The molecule has 0 N–H and O–H groups in total. The zero-order valence-corrected chi connectivity index (χ0v) is 12.2. The first-order chi connectivity index (χ1) is 7.34. The largest absolute Gasteiger partial charge is 0.207 e. The molecule has 0 radical (unpaired) electrons. The summed E-state index contributed by atoms with van der Waals surface area (Å²) in [7, 11) is 0. The molecule has 1 unspecified atom stereocenters. The lowest BCUT2D eigenvalue weighted by Gasteiger charge is -2.29. The second-order valence-electron chi connectivity index (χ2n) is 5.16. The molecule has 0 heterocycles. The van der Waals surface area contributed by atoms with Crippen LogP contribution in [0.25, 0.3) is 0 Å². The van der Waals surface area contributed by atoms with Gasteiger partial charge in [-0.2, -0.15) is 0 Å². The molecule has 3 heteroatoms. The molecule has 0 amide bonds. The second kappa shape index (κ2) is 5.50. The van der Waals surface area contributed by atoms with Gasteiger partial charge in [0.15, 0.2) is 0 Å². The van der Waals surface area contributed by atoms with E-state index in [-0.39, 0.29) is 11.2 Å². The lowest BCUT2D eigenvalue weighted by molar-refractivity contribution is 0.263. The number of hydrogen-bond acceptors (Lipinski definition) is 0. The Morgan fingerprint density at radius 1 is 1.38 bits per heavy atom. The van der Waals surface area contributed by atoms with Crippen LogP contribution in [0.5, 0.6) is 0 Å². The fourth-order valence-electron chi connectivity index (χ4n) is 1.54. The smallest absolute Gasteiger partial charge is 0.124 e. The van der Waals surface area contributed by atoms with Crippen LogP contribution in [0.15, 0.2) is 22.7 Å². The molecule has 0 fully saturated rings. The standard InChI is InChI=1S/C13H17BrClF/c1-13(2,3)10(8-15)6-9-4-5-11(16)7-12(9)14/h4-5,7,10H,6,8H2,1-3H3. The third kappa shape index (κ3) is 3.74. The Balaban J connectivity index is 2.86. The van der Waals surface area contributed by atoms with E-state index in [1.807, 2.05) is 6.07 Å². The zero-order valence-electron chi connectivity index (χ0n) is 9.86. The van der Waals surface area contributed by atoms with E-state index in [9.17, 15) is 4.39 Å². The Morgan fingerprint density at radius 2 is 2.00 bits per heavy atom. The van der Waals surface area contributed by atoms with Crippen LogP contribution >= 0.6 is 27.5 Å². The van der Waals surface area contributed by atoms with Crippen LogP contribution < -0.4 is 0 Å². The Kier molecular flexibility index (Phi) is 4.81. The molecule has 0 aromatic heterocycles. The molecule has 16 heavy (non-hydrogen) atoms. The van der Waals surface area contributed by atoms with Gasteiger partial charge in [-0.3, -0.25) is 0 Å². The minimum atomic E-state index is -0.214. The molecule has 0 aliphatic carbocycles. The van der Waals surface area contributed by atoms with Crippen LogP contribution in [-0.4, -0.2) is 5.88 Å². The van der Waals surface area contributed by atoms with E-state index >= 15 is 0 Å². The third-order valence-corrected chi connectivity index (χ3v) is 4.00. The predicted molar refractivity (Wildman–Crippen MR) is 71.5 cm³/mol. The van der Waals surface area contributed by atoms with Crippen molar-refractivity contribution in [2.24, 2.45) is 11.3 Å². The number of hydrogen-bond donors (Lipinski definition) is 0. The summed E-state index contributed by atoms with van der Waals surface area (Å²) in [6, 6.07) is 4.82. The molecule has 0 spiro atoms. The third-order valence-electron chi connectivity index (χ3n) is 2.89. The van der Waals surface area contributed by atoms with E-state index in [0.717, 1.165) is 16.5 Å². The molecular formula is C13H17BrClF. The molecule has 1 rings (SSSR count). The summed E-state index contributed by atoms with van der Waals surface area (Å²) in [5, 5.41) is 0. The van der Waals surface area contributed by atoms with Crippen molar-refractivity contribution in [3.05, 3.63) is 34.1 Å². The fourth-order valence-corrected chi connectivity index (χ4v) is 2.63. The van der Waals surface area contributed by atoms with Crippen molar-refractivity contribution in [2.45, 2.75) is 27.2 Å². The first-order valence-corrected chi connectivity index (χ1v) is 6.67. The molecule has 0 saturated heterocycles. The Morgan fingerprint density at radius 3 is 2.44 bits per heavy atom. The van der Waals surface area contributed by atoms with Crippen molar-refractivity contribution < 1.29 is 4.39 Å². The highest BCUT2D eigenvalue weighted by atomic mass is 79.9. The second-order valence-corrected chi connectivity index (χ2v) is 6.32. The normalized spacial score (nSPS) is 13.9. The van der Waals surface area contributed by atoms with Crippen molar-refractivity contribution in [3.8, 4) is 0 Å². The molecule has 90 valence electrons. The first-order valence-electron chi connectivity index (χ1n) is 5.34. The van der Waals surface area contributed by atoms with Crippen molar-refractivity contribution in [3.63, 3.8) is 0 Å². The van der Waals surface area contributed by atoms with E-state index in [4.69, 9.17) is 11.6 Å². The quantitative estimate of drug-likeness (QED) is 0.687. The van der Waals surface area contributed by atoms with Crippen LogP contribution in [0.4, 0.5) is 4.39 Å². The van der Waals surface area contributed by atoms with Crippen LogP contribution in [-0.2, 0) is 6.42 Å². The van der Waals surface area contributed by atoms with Gasteiger partial charge in [0, 0.05) is 10.4 Å². The van der Waals surface area contributed by atoms with E-state index in [2.05, 4.69) is 36.7 Å². The van der Waals surface area contributed by atoms with Gasteiger partial charge in [0.2, 0.25) is 0 Å². The van der Waals surface area contributed by atoms with Crippen LogP contribution in [0.3, 0.4) is 0 Å². The predicted octanol–water partition coefficient (Wildman–Crippen LogP) is 5.03. The summed E-state index contributed by atoms with van der Waals surface area (Å²) < 4.78 is 13.8. The fraction of sp³-hybridized carbons (Fsp3) is 0.538. The van der Waals surface area contributed by atoms with E-state index in [1.165, 1.54) is 12.1 Å². The van der Waals surface area contributed by atoms with Gasteiger partial charge in [-0.15, -0.1) is 11.6 Å². The summed E-state index contributed by atoms with van der Waals surface area (Å²) in [6.45, 7) is 6.53. The van der Waals surface area contributed by atoms with Gasteiger partial charge in [-0.25, -0.2) is 4.39 Å². The van der Waals surface area contributed by atoms with Gasteiger partial charge in [-0.05, 0) is 35.4 Å². The summed E-state index contributed by atoms with van der Waals surface area (Å²) in [6.07, 6.45) is 0.869.